The Hall–Kier alpha value is -2.62. The van der Waals surface area contributed by atoms with Crippen LogP contribution in [0.5, 0.6) is 0 Å². The SMILES string of the molecule is COC(=O)[C@H]1CC[C@@H](c2ccccc2)N1C(=O)CC(C)(C)c1ccccc1. The van der Waals surface area contributed by atoms with Crippen molar-refractivity contribution in [2.75, 3.05) is 7.11 Å². The molecular formula is C23H27NO3. The van der Waals surface area contributed by atoms with Crippen molar-refractivity contribution >= 4 is 11.9 Å². The number of likely N-dealkylation sites (tertiary alicyclic amines) is 1. The molecule has 1 saturated heterocycles. The van der Waals surface area contributed by atoms with Crippen LogP contribution in [0, 0.1) is 0 Å². The smallest absolute Gasteiger partial charge is 0.328 e. The number of hydrogen-bond acceptors (Lipinski definition) is 3. The summed E-state index contributed by atoms with van der Waals surface area (Å²) in [5.41, 5.74) is 1.86. The number of ether oxygens (including phenoxy) is 1. The Labute approximate surface area is 161 Å². The van der Waals surface area contributed by atoms with Crippen LogP contribution in [0.2, 0.25) is 0 Å². The molecule has 142 valence electrons. The minimum atomic E-state index is -0.515. The molecule has 3 rings (SSSR count). The number of rotatable bonds is 5. The quantitative estimate of drug-likeness (QED) is 0.744. The van der Waals surface area contributed by atoms with Gasteiger partial charge in [0.15, 0.2) is 0 Å². The zero-order valence-electron chi connectivity index (χ0n) is 16.2. The van der Waals surface area contributed by atoms with E-state index in [1.54, 1.807) is 4.90 Å². The van der Waals surface area contributed by atoms with Gasteiger partial charge in [-0.15, -0.1) is 0 Å². The lowest BCUT2D eigenvalue weighted by Crippen LogP contribution is -2.44. The van der Waals surface area contributed by atoms with E-state index >= 15 is 0 Å². The number of carbonyl (C=O) groups excluding carboxylic acids is 2. The van der Waals surface area contributed by atoms with E-state index in [9.17, 15) is 9.59 Å². The van der Waals surface area contributed by atoms with Gasteiger partial charge in [-0.1, -0.05) is 74.5 Å². The van der Waals surface area contributed by atoms with Gasteiger partial charge < -0.3 is 9.64 Å². The average molecular weight is 365 g/mol. The highest BCUT2D eigenvalue weighted by Gasteiger charge is 2.43. The third-order valence-electron chi connectivity index (χ3n) is 5.48. The number of methoxy groups -OCH3 is 1. The zero-order valence-corrected chi connectivity index (χ0v) is 16.2. The highest BCUT2D eigenvalue weighted by molar-refractivity contribution is 5.86. The van der Waals surface area contributed by atoms with Crippen molar-refractivity contribution < 1.29 is 14.3 Å². The number of nitrogens with zero attached hydrogens (tertiary/aromatic N) is 1. The maximum Gasteiger partial charge on any atom is 0.328 e. The van der Waals surface area contributed by atoms with Crippen LogP contribution in [0.1, 0.15) is 50.3 Å². The minimum Gasteiger partial charge on any atom is -0.467 e. The summed E-state index contributed by atoms with van der Waals surface area (Å²) in [7, 11) is 1.38. The number of esters is 1. The molecule has 2 aromatic rings. The Morgan fingerprint density at radius 2 is 1.59 bits per heavy atom. The van der Waals surface area contributed by atoms with E-state index in [1.165, 1.54) is 7.11 Å². The van der Waals surface area contributed by atoms with Crippen LogP contribution < -0.4 is 0 Å². The molecule has 2 atom stereocenters. The summed E-state index contributed by atoms with van der Waals surface area (Å²) in [5.74, 6) is -0.343. The lowest BCUT2D eigenvalue weighted by molar-refractivity contribution is -0.152. The van der Waals surface area contributed by atoms with E-state index in [0.29, 0.717) is 12.8 Å². The summed E-state index contributed by atoms with van der Waals surface area (Å²) in [6.07, 6.45) is 1.73. The molecule has 0 unspecified atom stereocenters. The molecule has 1 aliphatic rings. The second kappa shape index (κ2) is 7.95. The standard InChI is InChI=1S/C23H27NO3/c1-23(2,18-12-8-5-9-13-18)16-21(25)24-19(17-10-6-4-7-11-17)14-15-20(24)22(26)27-3/h4-13,19-20H,14-16H2,1-3H3/t19-,20+/m0/s1. The third kappa shape index (κ3) is 4.05. The summed E-state index contributed by atoms with van der Waals surface area (Å²) >= 11 is 0. The zero-order chi connectivity index (χ0) is 19.4. The summed E-state index contributed by atoms with van der Waals surface area (Å²) in [6.45, 7) is 4.14. The topological polar surface area (TPSA) is 46.6 Å². The van der Waals surface area contributed by atoms with Crippen molar-refractivity contribution in [2.45, 2.75) is 50.6 Å². The van der Waals surface area contributed by atoms with E-state index < -0.39 is 6.04 Å². The number of carbonyl (C=O) groups is 2. The van der Waals surface area contributed by atoms with Crippen LogP contribution in [-0.2, 0) is 19.7 Å². The van der Waals surface area contributed by atoms with Crippen LogP contribution in [0.25, 0.3) is 0 Å². The molecular weight excluding hydrogens is 338 g/mol. The summed E-state index contributed by atoms with van der Waals surface area (Å²) in [5, 5.41) is 0. The molecule has 4 heteroatoms. The molecule has 2 aromatic carbocycles. The molecule has 0 saturated carbocycles. The third-order valence-corrected chi connectivity index (χ3v) is 5.48. The van der Waals surface area contributed by atoms with Crippen LogP contribution in [0.15, 0.2) is 60.7 Å². The van der Waals surface area contributed by atoms with Crippen molar-refractivity contribution in [3.05, 3.63) is 71.8 Å². The predicted octanol–water partition coefficient (Wildman–Crippen LogP) is 4.26. The fraction of sp³-hybridized carbons (Fsp3) is 0.391. The van der Waals surface area contributed by atoms with E-state index in [1.807, 2.05) is 60.7 Å². The van der Waals surface area contributed by atoms with Crippen molar-refractivity contribution in [3.8, 4) is 0 Å². The lowest BCUT2D eigenvalue weighted by atomic mass is 9.81. The minimum absolute atomic E-state index is 0.00870. The molecule has 0 spiro atoms. The van der Waals surface area contributed by atoms with Gasteiger partial charge in [0, 0.05) is 6.42 Å². The lowest BCUT2D eigenvalue weighted by Gasteiger charge is -2.33. The molecule has 0 bridgehead atoms. The molecule has 1 heterocycles. The second-order valence-corrected chi connectivity index (χ2v) is 7.77. The maximum atomic E-state index is 13.4. The Bertz CT molecular complexity index is 786. The van der Waals surface area contributed by atoms with Gasteiger partial charge >= 0.3 is 5.97 Å². The molecule has 0 aliphatic carbocycles. The van der Waals surface area contributed by atoms with Crippen molar-refractivity contribution in [2.24, 2.45) is 0 Å². The van der Waals surface area contributed by atoms with Crippen LogP contribution >= 0.6 is 0 Å². The van der Waals surface area contributed by atoms with E-state index in [4.69, 9.17) is 4.74 Å². The summed E-state index contributed by atoms with van der Waals surface area (Å²) < 4.78 is 4.98. The number of amides is 1. The van der Waals surface area contributed by atoms with Gasteiger partial charge in [0.2, 0.25) is 5.91 Å². The van der Waals surface area contributed by atoms with Crippen molar-refractivity contribution in [1.29, 1.82) is 0 Å². The first-order chi connectivity index (χ1) is 12.9. The first-order valence-corrected chi connectivity index (χ1v) is 9.43. The highest BCUT2D eigenvalue weighted by Crippen LogP contribution is 2.39. The fourth-order valence-corrected chi connectivity index (χ4v) is 3.99. The van der Waals surface area contributed by atoms with Gasteiger partial charge in [0.05, 0.1) is 13.2 Å². The number of hydrogen-bond donors (Lipinski definition) is 0. The first-order valence-electron chi connectivity index (χ1n) is 9.43. The summed E-state index contributed by atoms with van der Waals surface area (Å²) in [4.78, 5) is 27.4. The Kier molecular flexibility index (Phi) is 5.64. The maximum absolute atomic E-state index is 13.4. The monoisotopic (exact) mass is 365 g/mol. The Morgan fingerprint density at radius 3 is 2.19 bits per heavy atom. The molecule has 27 heavy (non-hydrogen) atoms. The normalized spacial score (nSPS) is 19.7. The van der Waals surface area contributed by atoms with Gasteiger partial charge in [0.25, 0.3) is 0 Å². The van der Waals surface area contributed by atoms with Crippen LogP contribution in [0.3, 0.4) is 0 Å². The van der Waals surface area contributed by atoms with E-state index in [-0.39, 0.29) is 23.3 Å². The van der Waals surface area contributed by atoms with Gasteiger partial charge in [-0.2, -0.15) is 0 Å². The predicted molar refractivity (Wildman–Crippen MR) is 105 cm³/mol. The molecule has 0 radical (unpaired) electrons. The van der Waals surface area contributed by atoms with E-state index in [2.05, 4.69) is 13.8 Å². The Morgan fingerprint density at radius 1 is 1.00 bits per heavy atom. The Balaban J connectivity index is 1.88. The molecule has 4 nitrogen and oxygen atoms in total. The number of benzene rings is 2. The molecule has 1 amide bonds. The van der Waals surface area contributed by atoms with Gasteiger partial charge in [-0.25, -0.2) is 4.79 Å². The fourth-order valence-electron chi connectivity index (χ4n) is 3.99. The highest BCUT2D eigenvalue weighted by atomic mass is 16.5. The van der Waals surface area contributed by atoms with Crippen molar-refractivity contribution in [3.63, 3.8) is 0 Å². The van der Waals surface area contributed by atoms with Crippen LogP contribution in [-0.4, -0.2) is 29.9 Å². The average Bonchev–Trinajstić information content (AvgIpc) is 3.14. The van der Waals surface area contributed by atoms with E-state index in [0.717, 1.165) is 17.5 Å². The largest absolute Gasteiger partial charge is 0.467 e. The molecule has 1 aliphatic heterocycles. The van der Waals surface area contributed by atoms with Crippen LogP contribution in [0.4, 0.5) is 0 Å². The van der Waals surface area contributed by atoms with Gasteiger partial charge in [-0.3, -0.25) is 4.79 Å². The first kappa shape index (κ1) is 19.2. The van der Waals surface area contributed by atoms with Crippen molar-refractivity contribution in [1.82, 2.24) is 4.90 Å². The molecule has 1 fully saturated rings. The van der Waals surface area contributed by atoms with Gasteiger partial charge in [-0.05, 0) is 29.4 Å². The summed E-state index contributed by atoms with van der Waals surface area (Å²) in [6, 6.07) is 19.4. The van der Waals surface area contributed by atoms with Gasteiger partial charge in [0.1, 0.15) is 6.04 Å². The molecule has 0 aromatic heterocycles. The molecule has 0 N–H and O–H groups in total. The second-order valence-electron chi connectivity index (χ2n) is 7.77.